The van der Waals surface area contributed by atoms with Crippen molar-refractivity contribution in [2.45, 2.75) is 27.4 Å². The topological polar surface area (TPSA) is 61.0 Å². The molecule has 0 aliphatic heterocycles. The number of nitrogens with zero attached hydrogens (tertiary/aromatic N) is 2. The van der Waals surface area contributed by atoms with E-state index in [0.29, 0.717) is 16.7 Å². The number of benzene rings is 1. The maximum atomic E-state index is 5.98. The molecule has 0 saturated carbocycles. The lowest BCUT2D eigenvalue weighted by atomic mass is 10.1. The Labute approximate surface area is 117 Å². The van der Waals surface area contributed by atoms with Crippen LogP contribution in [0.2, 0.25) is 5.02 Å². The molecule has 0 fully saturated rings. The molecule has 0 aliphatic rings. The summed E-state index contributed by atoms with van der Waals surface area (Å²) in [5, 5.41) is 0.707. The zero-order valence-corrected chi connectivity index (χ0v) is 12.0. The summed E-state index contributed by atoms with van der Waals surface area (Å²) >= 11 is 5.98. The standard InChI is InChI=1S/C14H16ClN3O/c1-8-4-11(15)5-9(2)14(8)19-7-13-17-10(3)6-12(16)18-13/h4-6H,7H2,1-3H3,(H2,16,17,18). The van der Waals surface area contributed by atoms with Crippen LogP contribution in [0.1, 0.15) is 22.6 Å². The lowest BCUT2D eigenvalue weighted by Gasteiger charge is -2.12. The molecule has 100 valence electrons. The molecule has 0 radical (unpaired) electrons. The fraction of sp³-hybridized carbons (Fsp3) is 0.286. The normalized spacial score (nSPS) is 10.5. The van der Waals surface area contributed by atoms with Crippen LogP contribution in [0, 0.1) is 20.8 Å². The van der Waals surface area contributed by atoms with Gasteiger partial charge >= 0.3 is 0 Å². The van der Waals surface area contributed by atoms with Crippen molar-refractivity contribution in [1.29, 1.82) is 0 Å². The molecule has 0 saturated heterocycles. The van der Waals surface area contributed by atoms with Gasteiger partial charge in [0.25, 0.3) is 0 Å². The molecule has 2 N–H and O–H groups in total. The van der Waals surface area contributed by atoms with E-state index in [1.165, 1.54) is 0 Å². The number of nitrogen functional groups attached to an aromatic ring is 1. The summed E-state index contributed by atoms with van der Waals surface area (Å²) in [6.07, 6.45) is 0. The second-order valence-electron chi connectivity index (χ2n) is 4.51. The fourth-order valence-electron chi connectivity index (χ4n) is 1.98. The first-order chi connectivity index (χ1) is 8.95. The lowest BCUT2D eigenvalue weighted by Crippen LogP contribution is -2.06. The highest BCUT2D eigenvalue weighted by Crippen LogP contribution is 2.27. The molecule has 2 rings (SSSR count). The molecule has 0 bridgehead atoms. The number of ether oxygens (including phenoxy) is 1. The van der Waals surface area contributed by atoms with E-state index in [9.17, 15) is 0 Å². The van der Waals surface area contributed by atoms with Crippen LogP contribution in [0.5, 0.6) is 5.75 Å². The number of aromatic nitrogens is 2. The third-order valence-electron chi connectivity index (χ3n) is 2.69. The van der Waals surface area contributed by atoms with Gasteiger partial charge in [-0.15, -0.1) is 0 Å². The molecule has 0 spiro atoms. The van der Waals surface area contributed by atoms with Crippen molar-refractivity contribution in [3.05, 3.63) is 45.9 Å². The van der Waals surface area contributed by atoms with Gasteiger partial charge in [-0.05, 0) is 44.0 Å². The van der Waals surface area contributed by atoms with Crippen LogP contribution < -0.4 is 10.5 Å². The minimum Gasteiger partial charge on any atom is -0.485 e. The average Bonchev–Trinajstić information content (AvgIpc) is 2.25. The van der Waals surface area contributed by atoms with Crippen LogP contribution in [0.25, 0.3) is 0 Å². The van der Waals surface area contributed by atoms with E-state index in [0.717, 1.165) is 22.6 Å². The van der Waals surface area contributed by atoms with E-state index in [1.807, 2.05) is 32.9 Å². The number of nitrogens with two attached hydrogens (primary N) is 1. The molecule has 5 heteroatoms. The molecule has 2 aromatic rings. The second-order valence-corrected chi connectivity index (χ2v) is 4.94. The average molecular weight is 278 g/mol. The van der Waals surface area contributed by atoms with Gasteiger partial charge in [0.15, 0.2) is 5.82 Å². The number of aryl methyl sites for hydroxylation is 3. The van der Waals surface area contributed by atoms with Crippen molar-refractivity contribution < 1.29 is 4.74 Å². The smallest absolute Gasteiger partial charge is 0.168 e. The van der Waals surface area contributed by atoms with Gasteiger partial charge in [-0.1, -0.05) is 11.6 Å². The molecule has 0 unspecified atom stereocenters. The molecule has 4 nitrogen and oxygen atoms in total. The third kappa shape index (κ3) is 3.35. The van der Waals surface area contributed by atoms with Crippen molar-refractivity contribution in [2.75, 3.05) is 5.73 Å². The molecular formula is C14H16ClN3O. The van der Waals surface area contributed by atoms with E-state index >= 15 is 0 Å². The van der Waals surface area contributed by atoms with Gasteiger partial charge in [-0.25, -0.2) is 9.97 Å². The van der Waals surface area contributed by atoms with Crippen molar-refractivity contribution in [3.63, 3.8) is 0 Å². The summed E-state index contributed by atoms with van der Waals surface area (Å²) in [5.41, 5.74) is 8.50. The monoisotopic (exact) mass is 277 g/mol. The summed E-state index contributed by atoms with van der Waals surface area (Å²) in [6.45, 7) is 6.08. The van der Waals surface area contributed by atoms with E-state index < -0.39 is 0 Å². The predicted octanol–water partition coefficient (Wildman–Crippen LogP) is 3.22. The zero-order valence-electron chi connectivity index (χ0n) is 11.2. The fourth-order valence-corrected chi connectivity index (χ4v) is 2.31. The van der Waals surface area contributed by atoms with Gasteiger partial charge in [0.05, 0.1) is 0 Å². The number of halogens is 1. The first kappa shape index (κ1) is 13.6. The summed E-state index contributed by atoms with van der Waals surface area (Å²) < 4.78 is 5.78. The lowest BCUT2D eigenvalue weighted by molar-refractivity contribution is 0.291. The Morgan fingerprint density at radius 2 is 1.74 bits per heavy atom. The van der Waals surface area contributed by atoms with Gasteiger partial charge in [-0.2, -0.15) is 0 Å². The summed E-state index contributed by atoms with van der Waals surface area (Å²) in [7, 11) is 0. The molecule has 1 heterocycles. The number of anilines is 1. The Kier molecular flexibility index (Phi) is 3.90. The van der Waals surface area contributed by atoms with Crippen molar-refractivity contribution in [1.82, 2.24) is 9.97 Å². The number of hydrogen-bond acceptors (Lipinski definition) is 4. The van der Waals surface area contributed by atoms with Gasteiger partial charge < -0.3 is 10.5 Å². The minimum atomic E-state index is 0.287. The van der Waals surface area contributed by atoms with Gasteiger partial charge in [0.1, 0.15) is 18.2 Å². The van der Waals surface area contributed by atoms with E-state index in [2.05, 4.69) is 9.97 Å². The number of hydrogen-bond donors (Lipinski definition) is 1. The van der Waals surface area contributed by atoms with E-state index in [4.69, 9.17) is 22.1 Å². The minimum absolute atomic E-state index is 0.287. The van der Waals surface area contributed by atoms with Crippen LogP contribution in [-0.4, -0.2) is 9.97 Å². The van der Waals surface area contributed by atoms with Crippen molar-refractivity contribution in [3.8, 4) is 5.75 Å². The third-order valence-corrected chi connectivity index (χ3v) is 2.91. The maximum absolute atomic E-state index is 5.98. The highest BCUT2D eigenvalue weighted by Gasteiger charge is 2.07. The van der Waals surface area contributed by atoms with Gasteiger partial charge in [0.2, 0.25) is 0 Å². The highest BCUT2D eigenvalue weighted by atomic mass is 35.5. The first-order valence-corrected chi connectivity index (χ1v) is 6.33. The highest BCUT2D eigenvalue weighted by molar-refractivity contribution is 6.30. The van der Waals surface area contributed by atoms with Crippen molar-refractivity contribution >= 4 is 17.4 Å². The second kappa shape index (κ2) is 5.45. The molecule has 1 aromatic carbocycles. The zero-order chi connectivity index (χ0) is 14.0. The van der Waals surface area contributed by atoms with Gasteiger partial charge in [0, 0.05) is 16.8 Å². The first-order valence-electron chi connectivity index (χ1n) is 5.95. The Bertz CT molecular complexity index is 570. The Balaban J connectivity index is 2.19. The number of rotatable bonds is 3. The van der Waals surface area contributed by atoms with Crippen LogP contribution in [0.4, 0.5) is 5.82 Å². The Morgan fingerprint density at radius 1 is 1.11 bits per heavy atom. The van der Waals surface area contributed by atoms with Crippen LogP contribution in [-0.2, 0) is 6.61 Å². The molecule has 0 atom stereocenters. The summed E-state index contributed by atoms with van der Waals surface area (Å²) in [5.74, 6) is 1.84. The van der Waals surface area contributed by atoms with Gasteiger partial charge in [-0.3, -0.25) is 0 Å². The predicted molar refractivity (Wildman–Crippen MR) is 76.4 cm³/mol. The summed E-state index contributed by atoms with van der Waals surface area (Å²) in [4.78, 5) is 8.43. The molecule has 19 heavy (non-hydrogen) atoms. The SMILES string of the molecule is Cc1cc(N)nc(COc2c(C)cc(Cl)cc2C)n1. The van der Waals surface area contributed by atoms with Crippen LogP contribution in [0.3, 0.4) is 0 Å². The quantitative estimate of drug-likeness (QED) is 0.936. The molecule has 1 aromatic heterocycles. The summed E-state index contributed by atoms with van der Waals surface area (Å²) in [6, 6.07) is 5.47. The van der Waals surface area contributed by atoms with Crippen molar-refractivity contribution in [2.24, 2.45) is 0 Å². The Hall–Kier alpha value is -1.81. The van der Waals surface area contributed by atoms with Crippen LogP contribution >= 0.6 is 11.6 Å². The largest absolute Gasteiger partial charge is 0.485 e. The van der Waals surface area contributed by atoms with Crippen LogP contribution in [0.15, 0.2) is 18.2 Å². The Morgan fingerprint density at radius 3 is 2.32 bits per heavy atom. The molecule has 0 aliphatic carbocycles. The maximum Gasteiger partial charge on any atom is 0.168 e. The molecule has 0 amide bonds. The van der Waals surface area contributed by atoms with E-state index in [-0.39, 0.29) is 6.61 Å². The van der Waals surface area contributed by atoms with E-state index in [1.54, 1.807) is 6.07 Å². The molecular weight excluding hydrogens is 262 g/mol.